The number of likely N-dealkylation sites (N-methyl/N-ethyl adjacent to an activating group) is 1. The number of carbonyl (C=O) groups excluding carboxylic acids is 3. The monoisotopic (exact) mass is 588 g/mol. The number of ether oxygens (including phenoxy) is 2. The number of benzene rings is 3. The summed E-state index contributed by atoms with van der Waals surface area (Å²) in [5.41, 5.74) is 2.22. The normalized spacial score (nSPS) is 17.6. The molecule has 3 aromatic carbocycles. The highest BCUT2D eigenvalue weighted by Gasteiger charge is 2.38. The van der Waals surface area contributed by atoms with Gasteiger partial charge in [-0.05, 0) is 61.0 Å². The minimum Gasteiger partial charge on any atom is -0.463 e. The van der Waals surface area contributed by atoms with Crippen molar-refractivity contribution in [1.82, 2.24) is 20.0 Å². The van der Waals surface area contributed by atoms with Crippen LogP contribution in [0.4, 0.5) is 4.79 Å². The molecular formula is C32H33ClN4O5. The first-order chi connectivity index (χ1) is 20.3. The van der Waals surface area contributed by atoms with Gasteiger partial charge in [0.15, 0.2) is 0 Å². The van der Waals surface area contributed by atoms with Crippen molar-refractivity contribution in [2.24, 2.45) is 0 Å². The third-order valence-electron chi connectivity index (χ3n) is 7.37. The smallest absolute Gasteiger partial charge is 0.338 e. The highest BCUT2D eigenvalue weighted by atomic mass is 35.5. The molecule has 0 bridgehead atoms. The van der Waals surface area contributed by atoms with Crippen LogP contribution in [0.1, 0.15) is 28.9 Å². The second kappa shape index (κ2) is 13.1. The van der Waals surface area contributed by atoms with Crippen LogP contribution >= 0.6 is 11.6 Å². The lowest BCUT2D eigenvalue weighted by Crippen LogP contribution is -2.53. The zero-order valence-electron chi connectivity index (χ0n) is 23.6. The molecule has 1 N–H and O–H groups in total. The first-order valence-corrected chi connectivity index (χ1v) is 14.3. The minimum absolute atomic E-state index is 0.0513. The van der Waals surface area contributed by atoms with Gasteiger partial charge in [0.1, 0.15) is 11.5 Å². The van der Waals surface area contributed by atoms with Crippen LogP contribution in [0.3, 0.4) is 0 Å². The van der Waals surface area contributed by atoms with E-state index in [0.717, 1.165) is 0 Å². The number of rotatable bonds is 8. The molecule has 10 heteroatoms. The van der Waals surface area contributed by atoms with Gasteiger partial charge in [0.05, 0.1) is 18.2 Å². The van der Waals surface area contributed by atoms with Crippen molar-refractivity contribution >= 4 is 29.5 Å². The fourth-order valence-electron chi connectivity index (χ4n) is 5.13. The number of nitrogens with one attached hydrogen (secondary N) is 1. The summed E-state index contributed by atoms with van der Waals surface area (Å²) in [5.74, 6) is 0.718. The van der Waals surface area contributed by atoms with Crippen LogP contribution in [0.25, 0.3) is 0 Å². The van der Waals surface area contributed by atoms with E-state index in [0.29, 0.717) is 71.6 Å². The molecule has 2 heterocycles. The molecule has 2 aliphatic heterocycles. The summed E-state index contributed by atoms with van der Waals surface area (Å²) in [7, 11) is 1.65. The maximum Gasteiger partial charge on any atom is 0.338 e. The fraction of sp³-hybridized carbons (Fsp3) is 0.281. The number of urea groups is 1. The summed E-state index contributed by atoms with van der Waals surface area (Å²) in [5, 5.41) is 3.55. The van der Waals surface area contributed by atoms with Gasteiger partial charge in [-0.25, -0.2) is 9.59 Å². The van der Waals surface area contributed by atoms with Crippen molar-refractivity contribution in [3.8, 4) is 11.5 Å². The van der Waals surface area contributed by atoms with Gasteiger partial charge in [-0.1, -0.05) is 41.9 Å². The molecule has 3 aromatic rings. The zero-order chi connectivity index (χ0) is 29.6. The Bertz CT molecular complexity index is 1470. The second-order valence-electron chi connectivity index (χ2n) is 10.1. The van der Waals surface area contributed by atoms with E-state index in [2.05, 4.69) is 10.2 Å². The van der Waals surface area contributed by atoms with E-state index in [1.54, 1.807) is 43.1 Å². The zero-order valence-corrected chi connectivity index (χ0v) is 24.3. The summed E-state index contributed by atoms with van der Waals surface area (Å²) in [6, 6.07) is 22.5. The Hall–Kier alpha value is -4.34. The summed E-state index contributed by atoms with van der Waals surface area (Å²) < 4.78 is 11.5. The van der Waals surface area contributed by atoms with E-state index >= 15 is 0 Å². The van der Waals surface area contributed by atoms with Gasteiger partial charge in [0, 0.05) is 56.1 Å². The topological polar surface area (TPSA) is 91.4 Å². The Morgan fingerprint density at radius 3 is 2.31 bits per heavy atom. The molecule has 2 aliphatic rings. The lowest BCUT2D eigenvalue weighted by atomic mass is 9.94. The average molecular weight is 589 g/mol. The fourth-order valence-corrected chi connectivity index (χ4v) is 5.25. The molecule has 42 heavy (non-hydrogen) atoms. The Morgan fingerprint density at radius 1 is 0.929 bits per heavy atom. The van der Waals surface area contributed by atoms with Crippen LogP contribution in [0.15, 0.2) is 90.1 Å². The first kappa shape index (κ1) is 29.2. The van der Waals surface area contributed by atoms with Gasteiger partial charge >= 0.3 is 12.0 Å². The van der Waals surface area contributed by atoms with E-state index in [4.69, 9.17) is 21.1 Å². The van der Waals surface area contributed by atoms with Crippen molar-refractivity contribution in [3.63, 3.8) is 0 Å². The Labute approximate surface area is 250 Å². The molecule has 1 fully saturated rings. The third-order valence-corrected chi connectivity index (χ3v) is 7.62. The summed E-state index contributed by atoms with van der Waals surface area (Å²) in [4.78, 5) is 45.0. The number of amides is 3. The summed E-state index contributed by atoms with van der Waals surface area (Å²) in [6.45, 7) is 4.49. The molecule has 0 aromatic heterocycles. The number of halogens is 1. The molecule has 3 amide bonds. The summed E-state index contributed by atoms with van der Waals surface area (Å²) in [6.07, 6.45) is 0. The maximum absolute atomic E-state index is 13.4. The molecule has 5 rings (SSSR count). The lowest BCUT2D eigenvalue weighted by molar-refractivity contribution is -0.139. The van der Waals surface area contributed by atoms with Crippen molar-refractivity contribution in [2.45, 2.75) is 13.0 Å². The molecule has 0 saturated carbocycles. The van der Waals surface area contributed by atoms with Gasteiger partial charge in [-0.2, -0.15) is 0 Å². The Kier molecular flexibility index (Phi) is 9.09. The minimum atomic E-state index is -0.727. The van der Waals surface area contributed by atoms with E-state index in [1.165, 1.54) is 4.90 Å². The average Bonchev–Trinajstić information content (AvgIpc) is 3.00. The van der Waals surface area contributed by atoms with Crippen LogP contribution < -0.4 is 10.1 Å². The molecule has 1 atom stereocenters. The van der Waals surface area contributed by atoms with Crippen LogP contribution in [0, 0.1) is 0 Å². The maximum atomic E-state index is 13.4. The van der Waals surface area contributed by atoms with E-state index < -0.39 is 12.0 Å². The van der Waals surface area contributed by atoms with Crippen molar-refractivity contribution in [1.29, 1.82) is 0 Å². The number of piperazine rings is 1. The van der Waals surface area contributed by atoms with Gasteiger partial charge < -0.3 is 19.7 Å². The molecule has 0 unspecified atom stereocenters. The highest BCUT2D eigenvalue weighted by molar-refractivity contribution is 6.30. The quantitative estimate of drug-likeness (QED) is 0.368. The predicted octanol–water partition coefficient (Wildman–Crippen LogP) is 5.10. The van der Waals surface area contributed by atoms with E-state index in [-0.39, 0.29) is 18.5 Å². The van der Waals surface area contributed by atoms with Crippen LogP contribution in [-0.4, -0.2) is 79.0 Å². The Morgan fingerprint density at radius 2 is 1.62 bits per heavy atom. The van der Waals surface area contributed by atoms with Gasteiger partial charge in [-0.15, -0.1) is 0 Å². The largest absolute Gasteiger partial charge is 0.463 e. The molecular weight excluding hydrogens is 556 g/mol. The molecule has 9 nitrogen and oxygen atoms in total. The van der Waals surface area contributed by atoms with E-state index in [9.17, 15) is 14.4 Å². The van der Waals surface area contributed by atoms with Gasteiger partial charge in [0.2, 0.25) is 0 Å². The van der Waals surface area contributed by atoms with E-state index in [1.807, 2.05) is 54.6 Å². The second-order valence-corrected chi connectivity index (χ2v) is 10.5. The molecule has 0 spiro atoms. The lowest BCUT2D eigenvalue weighted by Gasteiger charge is -2.39. The number of nitrogens with zero attached hydrogens (tertiary/aromatic N) is 3. The first-order valence-electron chi connectivity index (χ1n) is 13.9. The van der Waals surface area contributed by atoms with Crippen LogP contribution in [0.5, 0.6) is 11.5 Å². The number of esters is 1. The SMILES string of the molecule is CCOC(=O)C1=C(CN2CCN(C(=O)c3ccc(Cl)cc3)CC2)N(C)C(=O)N[C@@H]1c1cccc(Oc2ccccc2)c1. The molecule has 218 valence electrons. The van der Waals surface area contributed by atoms with Crippen molar-refractivity contribution < 1.29 is 23.9 Å². The van der Waals surface area contributed by atoms with Crippen LogP contribution in [0.2, 0.25) is 5.02 Å². The van der Waals surface area contributed by atoms with Gasteiger partial charge in [0.25, 0.3) is 5.91 Å². The standard InChI is InChI=1S/C32H33ClN4O5/c1-3-41-31(39)28-27(21-36-16-18-37(19-17-36)30(38)22-12-14-24(33)15-13-22)35(2)32(40)34-29(28)23-8-7-11-26(20-23)42-25-9-5-4-6-10-25/h4-15,20,29H,3,16-19,21H2,1-2H3,(H,34,40)/t29-/m1/s1. The highest BCUT2D eigenvalue weighted by Crippen LogP contribution is 2.34. The molecule has 1 saturated heterocycles. The van der Waals surface area contributed by atoms with Crippen LogP contribution in [-0.2, 0) is 9.53 Å². The predicted molar refractivity (Wildman–Crippen MR) is 159 cm³/mol. The number of hydrogen-bond donors (Lipinski definition) is 1. The van der Waals surface area contributed by atoms with Crippen molar-refractivity contribution in [2.75, 3.05) is 46.4 Å². The Balaban J connectivity index is 1.38. The summed E-state index contributed by atoms with van der Waals surface area (Å²) >= 11 is 5.97. The molecule has 0 aliphatic carbocycles. The van der Waals surface area contributed by atoms with Crippen molar-refractivity contribution in [3.05, 3.63) is 106 Å². The van der Waals surface area contributed by atoms with Gasteiger partial charge in [-0.3, -0.25) is 14.6 Å². The number of hydrogen-bond acceptors (Lipinski definition) is 6. The molecule has 0 radical (unpaired) electrons. The number of para-hydroxylation sites is 1. The third kappa shape index (κ3) is 6.58. The number of carbonyl (C=O) groups is 3.